The Morgan fingerprint density at radius 3 is 2.95 bits per heavy atom. The highest BCUT2D eigenvalue weighted by Crippen LogP contribution is 2.56. The van der Waals surface area contributed by atoms with Gasteiger partial charge < -0.3 is 10.4 Å². The van der Waals surface area contributed by atoms with Gasteiger partial charge in [-0.1, -0.05) is 12.2 Å². The summed E-state index contributed by atoms with van der Waals surface area (Å²) >= 11 is 1.33. The third kappa shape index (κ3) is 1.70. The van der Waals surface area contributed by atoms with E-state index in [2.05, 4.69) is 10.3 Å². The lowest BCUT2D eigenvalue weighted by Crippen LogP contribution is -2.45. The van der Waals surface area contributed by atoms with Crippen LogP contribution in [0.5, 0.6) is 0 Å². The maximum Gasteiger partial charge on any atom is 0.310 e. The second-order valence-corrected chi connectivity index (χ2v) is 6.18. The maximum atomic E-state index is 12.4. The minimum absolute atomic E-state index is 0.0195. The van der Waals surface area contributed by atoms with Gasteiger partial charge in [-0.15, -0.1) is 11.3 Å². The zero-order chi connectivity index (χ0) is 13.6. The molecule has 5 nitrogen and oxygen atoms in total. The van der Waals surface area contributed by atoms with Crippen LogP contribution in [0.25, 0.3) is 0 Å². The molecule has 0 aliphatic heterocycles. The number of nitrogens with one attached hydrogen (secondary N) is 1. The van der Waals surface area contributed by atoms with Crippen molar-refractivity contribution in [1.82, 2.24) is 4.98 Å². The lowest BCUT2D eigenvalue weighted by atomic mass is 9.69. The molecule has 1 amide bonds. The number of aliphatic carboxylic acids is 1. The molecule has 4 atom stereocenters. The van der Waals surface area contributed by atoms with Crippen LogP contribution < -0.4 is 5.32 Å². The fourth-order valence-corrected chi connectivity index (χ4v) is 3.85. The Hall–Kier alpha value is -1.69. The van der Waals surface area contributed by atoms with Gasteiger partial charge in [0.15, 0.2) is 5.13 Å². The zero-order valence-electron chi connectivity index (χ0n) is 10.4. The van der Waals surface area contributed by atoms with E-state index in [-0.39, 0.29) is 17.7 Å². The van der Waals surface area contributed by atoms with Crippen LogP contribution in [0.2, 0.25) is 0 Å². The van der Waals surface area contributed by atoms with Gasteiger partial charge in [-0.3, -0.25) is 9.59 Å². The van der Waals surface area contributed by atoms with Gasteiger partial charge in [0.05, 0.1) is 11.3 Å². The van der Waals surface area contributed by atoms with Crippen molar-refractivity contribution in [3.05, 3.63) is 23.7 Å². The molecule has 2 N–H and O–H groups in total. The molecule has 0 unspecified atom stereocenters. The fourth-order valence-electron chi connectivity index (χ4n) is 3.32. The van der Waals surface area contributed by atoms with Gasteiger partial charge in [0.2, 0.25) is 5.91 Å². The molecule has 0 saturated heterocycles. The summed E-state index contributed by atoms with van der Waals surface area (Å²) in [5.41, 5.74) is -1.01. The first kappa shape index (κ1) is 12.3. The SMILES string of the molecule is C[C@]1(C(=O)O)[C@H](C(=O)Nc2nccs2)[C@H]2C=C[C@H]1C2. The minimum atomic E-state index is -1.01. The minimum Gasteiger partial charge on any atom is -0.481 e. The van der Waals surface area contributed by atoms with Crippen molar-refractivity contribution in [3.8, 4) is 0 Å². The summed E-state index contributed by atoms with van der Waals surface area (Å²) in [5.74, 6) is -1.70. The number of fused-ring (bicyclic) bond motifs is 2. The number of carboxylic acids is 1. The van der Waals surface area contributed by atoms with Crippen LogP contribution >= 0.6 is 11.3 Å². The number of amides is 1. The Morgan fingerprint density at radius 2 is 2.32 bits per heavy atom. The van der Waals surface area contributed by atoms with Crippen molar-refractivity contribution in [2.24, 2.45) is 23.2 Å². The topological polar surface area (TPSA) is 79.3 Å². The van der Waals surface area contributed by atoms with Crippen LogP contribution in [0.3, 0.4) is 0 Å². The third-order valence-corrected chi connectivity index (χ3v) is 5.06. The molecular formula is C13H14N2O3S. The van der Waals surface area contributed by atoms with Crippen LogP contribution in [0.1, 0.15) is 13.3 Å². The largest absolute Gasteiger partial charge is 0.481 e. The molecule has 1 fully saturated rings. The molecule has 1 saturated carbocycles. The molecule has 0 radical (unpaired) electrons. The molecule has 2 aliphatic rings. The summed E-state index contributed by atoms with van der Waals surface area (Å²) in [7, 11) is 0. The van der Waals surface area contributed by atoms with E-state index in [9.17, 15) is 14.7 Å². The molecule has 1 heterocycles. The number of aromatic nitrogens is 1. The van der Waals surface area contributed by atoms with Gasteiger partial charge in [0.25, 0.3) is 0 Å². The van der Waals surface area contributed by atoms with E-state index >= 15 is 0 Å². The average molecular weight is 278 g/mol. The Kier molecular flexibility index (Phi) is 2.70. The summed E-state index contributed by atoms with van der Waals surface area (Å²) in [6.07, 6.45) is 6.27. The van der Waals surface area contributed by atoms with Crippen molar-refractivity contribution < 1.29 is 14.7 Å². The molecule has 1 aromatic rings. The van der Waals surface area contributed by atoms with E-state index in [0.29, 0.717) is 5.13 Å². The number of allylic oxidation sites excluding steroid dienone is 2. The first-order valence-electron chi connectivity index (χ1n) is 6.15. The molecule has 2 bridgehead atoms. The summed E-state index contributed by atoms with van der Waals surface area (Å²) in [6.45, 7) is 1.68. The van der Waals surface area contributed by atoms with Crippen molar-refractivity contribution in [1.29, 1.82) is 0 Å². The summed E-state index contributed by atoms with van der Waals surface area (Å²) in [4.78, 5) is 28.0. The number of carbonyl (C=O) groups is 2. The molecule has 2 aliphatic carbocycles. The van der Waals surface area contributed by atoms with Gasteiger partial charge in [0, 0.05) is 11.6 Å². The van der Waals surface area contributed by atoms with E-state index < -0.39 is 17.3 Å². The lowest BCUT2D eigenvalue weighted by molar-refractivity contribution is -0.155. The summed E-state index contributed by atoms with van der Waals surface area (Å²) in [5, 5.41) is 14.5. The second kappa shape index (κ2) is 4.16. The molecule has 3 rings (SSSR count). The highest BCUT2D eigenvalue weighted by molar-refractivity contribution is 7.13. The van der Waals surface area contributed by atoms with Crippen molar-refractivity contribution in [3.63, 3.8) is 0 Å². The number of nitrogens with zero attached hydrogens (tertiary/aromatic N) is 1. The van der Waals surface area contributed by atoms with Crippen LogP contribution in [-0.2, 0) is 9.59 Å². The Balaban J connectivity index is 1.88. The number of hydrogen-bond acceptors (Lipinski definition) is 4. The number of anilines is 1. The number of carbonyl (C=O) groups excluding carboxylic acids is 1. The van der Waals surface area contributed by atoms with E-state index in [1.807, 2.05) is 12.2 Å². The van der Waals surface area contributed by atoms with Crippen LogP contribution in [0.15, 0.2) is 23.7 Å². The Bertz CT molecular complexity index is 554. The number of thiazole rings is 1. The molecule has 0 spiro atoms. The lowest BCUT2D eigenvalue weighted by Gasteiger charge is -2.33. The maximum absolute atomic E-state index is 12.4. The summed E-state index contributed by atoms with van der Waals surface area (Å²) in [6, 6.07) is 0. The molecule has 100 valence electrons. The number of carboxylic acid groups (broad SMARTS) is 1. The second-order valence-electron chi connectivity index (χ2n) is 5.28. The first-order chi connectivity index (χ1) is 9.03. The highest BCUT2D eigenvalue weighted by Gasteiger charge is 2.60. The molecule has 6 heteroatoms. The van der Waals surface area contributed by atoms with Crippen molar-refractivity contribution in [2.45, 2.75) is 13.3 Å². The van der Waals surface area contributed by atoms with Crippen LogP contribution in [0.4, 0.5) is 5.13 Å². The highest BCUT2D eigenvalue weighted by atomic mass is 32.1. The van der Waals surface area contributed by atoms with Crippen molar-refractivity contribution >= 4 is 28.3 Å². The van der Waals surface area contributed by atoms with Crippen LogP contribution in [0, 0.1) is 23.2 Å². The van der Waals surface area contributed by atoms with Gasteiger partial charge in [0.1, 0.15) is 0 Å². The number of rotatable bonds is 3. The molecule has 0 aromatic carbocycles. The third-order valence-electron chi connectivity index (χ3n) is 4.37. The van der Waals surface area contributed by atoms with Gasteiger partial charge in [-0.05, 0) is 25.2 Å². The predicted molar refractivity (Wildman–Crippen MR) is 70.7 cm³/mol. The monoisotopic (exact) mass is 278 g/mol. The first-order valence-corrected chi connectivity index (χ1v) is 7.03. The van der Waals surface area contributed by atoms with Gasteiger partial charge >= 0.3 is 5.97 Å². The van der Waals surface area contributed by atoms with Crippen LogP contribution in [-0.4, -0.2) is 22.0 Å². The van der Waals surface area contributed by atoms with E-state index in [4.69, 9.17) is 0 Å². The Labute approximate surface area is 114 Å². The zero-order valence-corrected chi connectivity index (χ0v) is 11.2. The summed E-state index contributed by atoms with van der Waals surface area (Å²) < 4.78 is 0. The van der Waals surface area contributed by atoms with E-state index in [0.717, 1.165) is 6.42 Å². The fraction of sp³-hybridized carbons (Fsp3) is 0.462. The van der Waals surface area contributed by atoms with Gasteiger partial charge in [-0.2, -0.15) is 0 Å². The average Bonchev–Trinajstić information content (AvgIpc) is 3.03. The predicted octanol–water partition coefficient (Wildman–Crippen LogP) is 1.99. The molecular weight excluding hydrogens is 264 g/mol. The van der Waals surface area contributed by atoms with Gasteiger partial charge in [-0.25, -0.2) is 4.98 Å². The van der Waals surface area contributed by atoms with E-state index in [1.54, 1.807) is 18.5 Å². The molecule has 19 heavy (non-hydrogen) atoms. The Morgan fingerprint density at radius 1 is 1.53 bits per heavy atom. The standard InChI is InChI=1S/C13H14N2O3S/c1-13(11(17)18)8-3-2-7(6-8)9(13)10(16)15-12-14-4-5-19-12/h2-5,7-9H,6H2,1H3,(H,17,18)(H,14,15,16)/t7-,8-,9-,13+/m0/s1. The smallest absolute Gasteiger partial charge is 0.310 e. The quantitative estimate of drug-likeness (QED) is 0.829. The molecule has 1 aromatic heterocycles. The normalized spacial score (nSPS) is 35.5. The van der Waals surface area contributed by atoms with E-state index in [1.165, 1.54) is 11.3 Å². The van der Waals surface area contributed by atoms with Crippen molar-refractivity contribution in [2.75, 3.05) is 5.32 Å². The number of hydrogen-bond donors (Lipinski definition) is 2.